The first-order valence-electron chi connectivity index (χ1n) is 7.62. The first-order chi connectivity index (χ1) is 10.1. The lowest BCUT2D eigenvalue weighted by Gasteiger charge is -2.15. The van der Waals surface area contributed by atoms with Gasteiger partial charge in [0.15, 0.2) is 0 Å². The van der Waals surface area contributed by atoms with Crippen LogP contribution in [0.25, 0.3) is 0 Å². The Morgan fingerprint density at radius 3 is 2.14 bits per heavy atom. The van der Waals surface area contributed by atoms with Crippen LogP contribution in [0.15, 0.2) is 24.3 Å². The van der Waals surface area contributed by atoms with Crippen LogP contribution in [0.5, 0.6) is 0 Å². The van der Waals surface area contributed by atoms with Crippen LogP contribution in [-0.4, -0.2) is 38.0 Å². The maximum atomic E-state index is 11.8. The molecule has 0 saturated carbocycles. The number of nitrogens with one attached hydrogen (secondary N) is 3. The molecule has 1 aromatic carbocycles. The third-order valence-electron chi connectivity index (χ3n) is 3.59. The second kappa shape index (κ2) is 9.13. The highest BCUT2D eigenvalue weighted by atomic mass is 16.2. The SMILES string of the molecule is CCc1ccc(NC(=O)C(=O)NCC[NH+](CC)CC)cc1. The quantitative estimate of drug-likeness (QED) is 0.630. The minimum atomic E-state index is -0.617. The Morgan fingerprint density at radius 2 is 1.62 bits per heavy atom. The summed E-state index contributed by atoms with van der Waals surface area (Å²) in [5.41, 5.74) is 1.83. The lowest BCUT2D eigenvalue weighted by atomic mass is 10.1. The topological polar surface area (TPSA) is 62.6 Å². The maximum absolute atomic E-state index is 11.8. The summed E-state index contributed by atoms with van der Waals surface area (Å²) in [5, 5.41) is 5.25. The van der Waals surface area contributed by atoms with Gasteiger partial charge in [0.05, 0.1) is 26.2 Å². The van der Waals surface area contributed by atoms with Crippen LogP contribution >= 0.6 is 0 Å². The second-order valence-corrected chi connectivity index (χ2v) is 4.97. The first-order valence-corrected chi connectivity index (χ1v) is 7.62. The van der Waals surface area contributed by atoms with Crippen LogP contribution in [-0.2, 0) is 16.0 Å². The van der Waals surface area contributed by atoms with Gasteiger partial charge in [-0.15, -0.1) is 0 Å². The van der Waals surface area contributed by atoms with Crippen LogP contribution in [0.3, 0.4) is 0 Å². The lowest BCUT2D eigenvalue weighted by Crippen LogP contribution is -3.12. The fourth-order valence-corrected chi connectivity index (χ4v) is 2.05. The van der Waals surface area contributed by atoms with Gasteiger partial charge in [0, 0.05) is 5.69 Å². The van der Waals surface area contributed by atoms with Crippen LogP contribution in [0.4, 0.5) is 5.69 Å². The molecule has 5 nitrogen and oxygen atoms in total. The number of carbonyl (C=O) groups excluding carboxylic acids is 2. The third-order valence-corrected chi connectivity index (χ3v) is 3.59. The van der Waals surface area contributed by atoms with Crippen molar-refractivity contribution in [2.24, 2.45) is 0 Å². The van der Waals surface area contributed by atoms with Gasteiger partial charge >= 0.3 is 11.8 Å². The largest absolute Gasteiger partial charge is 0.342 e. The Kier molecular flexibility index (Phi) is 7.46. The molecule has 0 bridgehead atoms. The fraction of sp³-hybridized carbons (Fsp3) is 0.500. The van der Waals surface area contributed by atoms with Crippen molar-refractivity contribution < 1.29 is 14.5 Å². The van der Waals surface area contributed by atoms with E-state index in [1.54, 1.807) is 0 Å². The van der Waals surface area contributed by atoms with Gasteiger partial charge in [-0.05, 0) is 38.0 Å². The summed E-state index contributed by atoms with van der Waals surface area (Å²) < 4.78 is 0. The summed E-state index contributed by atoms with van der Waals surface area (Å²) >= 11 is 0. The monoisotopic (exact) mass is 292 g/mol. The second-order valence-electron chi connectivity index (χ2n) is 4.97. The molecule has 1 rings (SSSR count). The molecule has 0 aromatic heterocycles. The van der Waals surface area contributed by atoms with Crippen molar-refractivity contribution in [1.29, 1.82) is 0 Å². The van der Waals surface area contributed by atoms with Crippen LogP contribution in [0.2, 0.25) is 0 Å². The Balaban J connectivity index is 2.38. The fourth-order valence-electron chi connectivity index (χ4n) is 2.05. The molecule has 0 radical (unpaired) electrons. The minimum Gasteiger partial charge on any atom is -0.342 e. The number of benzene rings is 1. The average molecular weight is 292 g/mol. The molecule has 0 aliphatic carbocycles. The third kappa shape index (κ3) is 5.95. The van der Waals surface area contributed by atoms with E-state index in [4.69, 9.17) is 0 Å². The molecule has 0 aliphatic rings. The van der Waals surface area contributed by atoms with Gasteiger partial charge in [-0.25, -0.2) is 0 Å². The minimum absolute atomic E-state index is 0.512. The predicted octanol–water partition coefficient (Wildman–Crippen LogP) is 0.228. The van der Waals surface area contributed by atoms with E-state index in [-0.39, 0.29) is 0 Å². The average Bonchev–Trinajstić information content (AvgIpc) is 2.52. The van der Waals surface area contributed by atoms with Gasteiger partial charge in [-0.2, -0.15) is 0 Å². The molecule has 0 spiro atoms. The van der Waals surface area contributed by atoms with Crippen LogP contribution < -0.4 is 15.5 Å². The summed E-state index contributed by atoms with van der Waals surface area (Å²) in [6, 6.07) is 7.50. The van der Waals surface area contributed by atoms with E-state index in [1.807, 2.05) is 24.3 Å². The zero-order valence-electron chi connectivity index (χ0n) is 13.2. The Hall–Kier alpha value is -1.88. The van der Waals surface area contributed by atoms with Crippen molar-refractivity contribution in [2.75, 3.05) is 31.5 Å². The number of aryl methyl sites for hydroxylation is 1. The van der Waals surface area contributed by atoms with Crippen molar-refractivity contribution >= 4 is 17.5 Å². The molecule has 0 heterocycles. The Bertz CT molecular complexity index is 453. The maximum Gasteiger partial charge on any atom is 0.313 e. The molecule has 21 heavy (non-hydrogen) atoms. The Morgan fingerprint density at radius 1 is 1.00 bits per heavy atom. The molecular formula is C16H26N3O2+. The number of hydrogen-bond donors (Lipinski definition) is 3. The summed E-state index contributed by atoms with van der Waals surface area (Å²) in [4.78, 5) is 24.8. The highest BCUT2D eigenvalue weighted by Crippen LogP contribution is 2.09. The highest BCUT2D eigenvalue weighted by molar-refractivity contribution is 6.39. The number of quaternary nitrogens is 1. The first kappa shape index (κ1) is 17.2. The summed E-state index contributed by atoms with van der Waals surface area (Å²) in [7, 11) is 0. The number of likely N-dealkylation sites (N-methyl/N-ethyl adjacent to an activating group) is 1. The van der Waals surface area contributed by atoms with Gasteiger partial charge < -0.3 is 15.5 Å². The van der Waals surface area contributed by atoms with E-state index in [0.29, 0.717) is 12.2 Å². The van der Waals surface area contributed by atoms with E-state index >= 15 is 0 Å². The predicted molar refractivity (Wildman–Crippen MR) is 84.4 cm³/mol. The Labute approximate surface area is 126 Å². The van der Waals surface area contributed by atoms with E-state index in [0.717, 1.165) is 26.1 Å². The molecule has 0 aliphatic heterocycles. The van der Waals surface area contributed by atoms with Gasteiger partial charge in [0.1, 0.15) is 0 Å². The van der Waals surface area contributed by atoms with E-state index in [9.17, 15) is 9.59 Å². The zero-order chi connectivity index (χ0) is 15.7. The van der Waals surface area contributed by atoms with Crippen LogP contribution in [0.1, 0.15) is 26.3 Å². The molecule has 2 amide bonds. The molecule has 1 aromatic rings. The van der Waals surface area contributed by atoms with Crippen LogP contribution in [0, 0.1) is 0 Å². The summed E-state index contributed by atoms with van der Waals surface area (Å²) in [5.74, 6) is -1.20. The highest BCUT2D eigenvalue weighted by Gasteiger charge is 2.13. The van der Waals surface area contributed by atoms with Crippen molar-refractivity contribution in [3.8, 4) is 0 Å². The van der Waals surface area contributed by atoms with Gasteiger partial charge in [-0.1, -0.05) is 19.1 Å². The van der Waals surface area contributed by atoms with Crippen molar-refractivity contribution in [3.63, 3.8) is 0 Å². The van der Waals surface area contributed by atoms with Gasteiger partial charge in [0.2, 0.25) is 0 Å². The normalized spacial score (nSPS) is 10.5. The molecule has 0 saturated heterocycles. The van der Waals surface area contributed by atoms with E-state index in [2.05, 4.69) is 31.4 Å². The molecule has 5 heteroatoms. The van der Waals surface area contributed by atoms with Crippen molar-refractivity contribution in [3.05, 3.63) is 29.8 Å². The molecule has 0 fully saturated rings. The molecule has 0 unspecified atom stereocenters. The molecule has 116 valence electrons. The zero-order valence-corrected chi connectivity index (χ0v) is 13.2. The summed E-state index contributed by atoms with van der Waals surface area (Å²) in [6.07, 6.45) is 0.947. The van der Waals surface area contributed by atoms with Gasteiger partial charge in [0.25, 0.3) is 0 Å². The van der Waals surface area contributed by atoms with E-state index < -0.39 is 11.8 Å². The molecule has 3 N–H and O–H groups in total. The lowest BCUT2D eigenvalue weighted by molar-refractivity contribution is -0.895. The van der Waals surface area contributed by atoms with E-state index in [1.165, 1.54) is 10.5 Å². The standard InChI is InChI=1S/C16H25N3O2/c1-4-13-7-9-14(10-8-13)18-16(21)15(20)17-11-12-19(5-2)6-3/h7-10H,4-6,11-12H2,1-3H3,(H,17,20)(H,18,21)/p+1. The molecular weight excluding hydrogens is 266 g/mol. The number of hydrogen-bond acceptors (Lipinski definition) is 2. The van der Waals surface area contributed by atoms with Crippen molar-refractivity contribution in [1.82, 2.24) is 5.32 Å². The number of anilines is 1. The smallest absolute Gasteiger partial charge is 0.313 e. The summed E-state index contributed by atoms with van der Waals surface area (Å²) in [6.45, 7) is 9.65. The number of rotatable bonds is 7. The molecule has 0 atom stereocenters. The number of amides is 2. The van der Waals surface area contributed by atoms with Gasteiger partial charge in [-0.3, -0.25) is 9.59 Å². The number of carbonyl (C=O) groups is 2. The van der Waals surface area contributed by atoms with Crippen molar-refractivity contribution in [2.45, 2.75) is 27.2 Å².